The molecule has 0 fully saturated rings. The highest BCUT2D eigenvalue weighted by Crippen LogP contribution is 2.22. The molecule has 0 saturated heterocycles. The quantitative estimate of drug-likeness (QED) is 0.602. The number of benzene rings is 1. The second kappa shape index (κ2) is 4.61. The number of aromatic nitrogens is 2. The van der Waals surface area contributed by atoms with Gasteiger partial charge in [0.2, 0.25) is 0 Å². The summed E-state index contributed by atoms with van der Waals surface area (Å²) in [4.78, 5) is 11.0. The van der Waals surface area contributed by atoms with Gasteiger partial charge in [-0.25, -0.2) is 4.79 Å². The van der Waals surface area contributed by atoms with Crippen molar-refractivity contribution in [3.8, 4) is 0 Å². The Balaban J connectivity index is 2.44. The Morgan fingerprint density at radius 2 is 2.11 bits per heavy atom. The van der Waals surface area contributed by atoms with Crippen molar-refractivity contribution in [1.29, 1.82) is 0 Å². The molecule has 0 aliphatic carbocycles. The number of H-pyrrole nitrogens is 1. The summed E-state index contributed by atoms with van der Waals surface area (Å²) in [7, 11) is -3.93. The van der Waals surface area contributed by atoms with E-state index in [9.17, 15) is 13.2 Å². The molecule has 1 heterocycles. The highest BCUT2D eigenvalue weighted by Gasteiger charge is 2.19. The van der Waals surface area contributed by atoms with Gasteiger partial charge in [0.1, 0.15) is 0 Å². The molecule has 0 amide bonds. The Labute approximate surface area is 108 Å². The first kappa shape index (κ1) is 12.9. The lowest BCUT2D eigenvalue weighted by Gasteiger charge is -2.09. The Hall–Kier alpha value is -2.55. The van der Waals surface area contributed by atoms with E-state index in [0.29, 0.717) is 0 Å². The minimum Gasteiger partial charge on any atom is -0.478 e. The first-order valence-corrected chi connectivity index (χ1v) is 6.53. The van der Waals surface area contributed by atoms with Gasteiger partial charge in [0.05, 0.1) is 17.4 Å². The molecule has 5 N–H and O–H groups in total. The highest BCUT2D eigenvalue weighted by molar-refractivity contribution is 7.92. The molecule has 8 nitrogen and oxygen atoms in total. The molecule has 0 bridgehead atoms. The minimum absolute atomic E-state index is 0.109. The lowest BCUT2D eigenvalue weighted by Crippen LogP contribution is -2.16. The molecule has 0 aliphatic heterocycles. The number of carbonyl (C=O) groups is 1. The van der Waals surface area contributed by atoms with Crippen LogP contribution in [0.5, 0.6) is 0 Å². The Bertz CT molecular complexity index is 709. The zero-order valence-corrected chi connectivity index (χ0v) is 10.3. The number of sulfonamides is 1. The molecule has 1 aromatic carbocycles. The van der Waals surface area contributed by atoms with Crippen LogP contribution < -0.4 is 10.5 Å². The van der Waals surface area contributed by atoms with E-state index in [2.05, 4.69) is 14.9 Å². The van der Waals surface area contributed by atoms with Gasteiger partial charge in [-0.05, 0) is 24.3 Å². The topological polar surface area (TPSA) is 138 Å². The van der Waals surface area contributed by atoms with Crippen molar-refractivity contribution in [2.75, 3.05) is 10.5 Å². The van der Waals surface area contributed by atoms with E-state index in [-0.39, 0.29) is 22.0 Å². The largest absolute Gasteiger partial charge is 0.478 e. The van der Waals surface area contributed by atoms with Crippen LogP contribution in [-0.4, -0.2) is 29.7 Å². The number of aromatic amines is 1. The lowest BCUT2D eigenvalue weighted by atomic mass is 10.1. The van der Waals surface area contributed by atoms with Crippen LogP contribution in [0.2, 0.25) is 0 Å². The van der Waals surface area contributed by atoms with Crippen LogP contribution in [0.25, 0.3) is 0 Å². The molecule has 9 heteroatoms. The van der Waals surface area contributed by atoms with Gasteiger partial charge in [-0.3, -0.25) is 9.82 Å². The van der Waals surface area contributed by atoms with Gasteiger partial charge in [0.15, 0.2) is 5.03 Å². The van der Waals surface area contributed by atoms with Gasteiger partial charge in [-0.2, -0.15) is 13.5 Å². The molecule has 19 heavy (non-hydrogen) atoms. The van der Waals surface area contributed by atoms with Crippen molar-refractivity contribution in [3.05, 3.63) is 36.0 Å². The molecule has 0 atom stereocenters. The van der Waals surface area contributed by atoms with Gasteiger partial charge in [-0.15, -0.1) is 0 Å². The number of carboxylic acid groups (broad SMARTS) is 1. The van der Waals surface area contributed by atoms with E-state index in [1.807, 2.05) is 0 Å². The maximum Gasteiger partial charge on any atom is 0.337 e. The van der Waals surface area contributed by atoms with Crippen molar-refractivity contribution < 1.29 is 18.3 Å². The second-order valence-electron chi connectivity index (χ2n) is 3.64. The summed E-state index contributed by atoms with van der Waals surface area (Å²) < 4.78 is 26.0. The summed E-state index contributed by atoms with van der Waals surface area (Å²) in [5.41, 5.74) is 5.45. The van der Waals surface area contributed by atoms with Crippen molar-refractivity contribution in [3.63, 3.8) is 0 Å². The first-order valence-electron chi connectivity index (χ1n) is 5.05. The van der Waals surface area contributed by atoms with E-state index in [0.717, 1.165) is 0 Å². The summed E-state index contributed by atoms with van der Waals surface area (Å²) in [5.74, 6) is -1.26. The van der Waals surface area contributed by atoms with Crippen molar-refractivity contribution in [2.24, 2.45) is 0 Å². The Kier molecular flexibility index (Phi) is 3.13. The lowest BCUT2D eigenvalue weighted by molar-refractivity contribution is 0.0698. The number of hydrogen-bond donors (Lipinski definition) is 4. The SMILES string of the molecule is Nc1ccc(C(=O)O)c(NS(=O)(=O)c2ccn[nH]2)c1. The number of carboxylic acids is 1. The maximum atomic E-state index is 11.9. The number of anilines is 2. The summed E-state index contributed by atoms with van der Waals surface area (Å²) in [6.07, 6.45) is 1.27. The van der Waals surface area contributed by atoms with Crippen LogP contribution in [0.4, 0.5) is 11.4 Å². The molecule has 2 rings (SSSR count). The van der Waals surface area contributed by atoms with Crippen molar-refractivity contribution in [2.45, 2.75) is 5.03 Å². The number of aromatic carboxylic acids is 1. The van der Waals surface area contributed by atoms with Gasteiger partial charge >= 0.3 is 5.97 Å². The van der Waals surface area contributed by atoms with Gasteiger partial charge < -0.3 is 10.8 Å². The summed E-state index contributed by atoms with van der Waals surface area (Å²) >= 11 is 0. The van der Waals surface area contributed by atoms with Crippen LogP contribution in [0.3, 0.4) is 0 Å². The number of rotatable bonds is 4. The third kappa shape index (κ3) is 2.65. The number of nitrogen functional groups attached to an aromatic ring is 1. The predicted octanol–water partition coefficient (Wildman–Crippen LogP) is 0.491. The molecule has 0 aliphatic rings. The van der Waals surface area contributed by atoms with Gasteiger partial charge in [0, 0.05) is 5.69 Å². The average Bonchev–Trinajstić information content (AvgIpc) is 2.81. The number of nitrogens with zero attached hydrogens (tertiary/aromatic N) is 1. The zero-order chi connectivity index (χ0) is 14.0. The third-order valence-corrected chi connectivity index (χ3v) is 3.58. The van der Waals surface area contributed by atoms with Crippen LogP contribution in [0, 0.1) is 0 Å². The fraction of sp³-hybridized carbons (Fsp3) is 0. The summed E-state index contributed by atoms with van der Waals surface area (Å²) in [6.45, 7) is 0. The van der Waals surface area contributed by atoms with Crippen LogP contribution >= 0.6 is 0 Å². The fourth-order valence-corrected chi connectivity index (χ4v) is 2.41. The van der Waals surface area contributed by atoms with E-state index >= 15 is 0 Å². The standard InChI is InChI=1S/C10H10N4O4S/c11-6-1-2-7(10(15)16)8(5-6)14-19(17,18)9-3-4-12-13-9/h1-5,14H,11H2,(H,12,13)(H,15,16). The number of nitrogens with one attached hydrogen (secondary N) is 2. The normalized spacial score (nSPS) is 11.2. The Morgan fingerprint density at radius 3 is 2.68 bits per heavy atom. The smallest absolute Gasteiger partial charge is 0.337 e. The molecule has 0 spiro atoms. The minimum atomic E-state index is -3.93. The van der Waals surface area contributed by atoms with E-state index in [4.69, 9.17) is 10.8 Å². The Morgan fingerprint density at radius 1 is 1.37 bits per heavy atom. The zero-order valence-electron chi connectivity index (χ0n) is 9.49. The highest BCUT2D eigenvalue weighted by atomic mass is 32.2. The molecule has 1 aromatic heterocycles. The third-order valence-electron chi connectivity index (χ3n) is 2.28. The van der Waals surface area contributed by atoms with E-state index in [1.165, 1.54) is 30.5 Å². The van der Waals surface area contributed by atoms with Gasteiger partial charge in [-0.1, -0.05) is 0 Å². The molecule has 0 radical (unpaired) electrons. The maximum absolute atomic E-state index is 11.9. The van der Waals surface area contributed by atoms with Gasteiger partial charge in [0.25, 0.3) is 10.0 Å². The van der Waals surface area contributed by atoms with Crippen LogP contribution in [0.15, 0.2) is 35.5 Å². The molecule has 0 saturated carbocycles. The summed E-state index contributed by atoms with van der Waals surface area (Å²) in [5, 5.41) is 14.6. The molecular weight excluding hydrogens is 272 g/mol. The van der Waals surface area contributed by atoms with Crippen molar-refractivity contribution >= 4 is 27.4 Å². The molecular formula is C10H10N4O4S. The number of hydrogen-bond acceptors (Lipinski definition) is 5. The van der Waals surface area contributed by atoms with Crippen LogP contribution in [0.1, 0.15) is 10.4 Å². The molecule has 0 unspecified atom stereocenters. The van der Waals surface area contributed by atoms with Crippen LogP contribution in [-0.2, 0) is 10.0 Å². The molecule has 100 valence electrons. The predicted molar refractivity (Wildman–Crippen MR) is 67.2 cm³/mol. The fourth-order valence-electron chi connectivity index (χ4n) is 1.43. The average molecular weight is 282 g/mol. The first-order chi connectivity index (χ1) is 8.90. The van der Waals surface area contributed by atoms with E-state index < -0.39 is 16.0 Å². The molecule has 2 aromatic rings. The summed E-state index contributed by atoms with van der Waals surface area (Å²) in [6, 6.07) is 5.08. The van der Waals surface area contributed by atoms with Crippen molar-refractivity contribution in [1.82, 2.24) is 10.2 Å². The number of nitrogens with two attached hydrogens (primary N) is 1. The van der Waals surface area contributed by atoms with E-state index in [1.54, 1.807) is 0 Å². The monoisotopic (exact) mass is 282 g/mol. The second-order valence-corrected chi connectivity index (χ2v) is 5.29.